The largest absolute Gasteiger partial charge is 0.387 e. The number of nitrogens with one attached hydrogen (secondary N) is 1. The molecule has 0 bridgehead atoms. The molecule has 0 fully saturated rings. The van der Waals surface area contributed by atoms with Crippen molar-refractivity contribution >= 4 is 11.3 Å². The smallest absolute Gasteiger partial charge is 0.0922 e. The zero-order valence-corrected chi connectivity index (χ0v) is 12.1. The monoisotopic (exact) mass is 276 g/mol. The van der Waals surface area contributed by atoms with Gasteiger partial charge in [0.05, 0.1) is 6.10 Å². The summed E-state index contributed by atoms with van der Waals surface area (Å²) in [5.41, 5.74) is 2.14. The van der Waals surface area contributed by atoms with Crippen molar-refractivity contribution in [3.63, 3.8) is 0 Å². The first-order chi connectivity index (χ1) is 9.18. The number of rotatable bonds is 6. The third kappa shape index (κ3) is 3.86. The van der Waals surface area contributed by atoms with Gasteiger partial charge in [-0.1, -0.05) is 19.9 Å². The number of hydrogen-bond acceptors (Lipinski definition) is 4. The summed E-state index contributed by atoms with van der Waals surface area (Å²) in [5.74, 6) is 0.443. The molecule has 19 heavy (non-hydrogen) atoms. The lowest BCUT2D eigenvalue weighted by Crippen LogP contribution is -2.29. The summed E-state index contributed by atoms with van der Waals surface area (Å²) in [6, 6.07) is 6.19. The molecule has 2 heterocycles. The normalized spacial score (nSPS) is 14.5. The molecule has 0 radical (unpaired) electrons. The molecular formula is C15H20N2OS. The minimum Gasteiger partial charge on any atom is -0.387 e. The first-order valence-electron chi connectivity index (χ1n) is 6.52. The van der Waals surface area contributed by atoms with E-state index in [0.29, 0.717) is 12.5 Å². The number of nitrogens with zero attached hydrogens (tertiary/aromatic N) is 1. The molecule has 0 amide bonds. The van der Waals surface area contributed by atoms with Crippen LogP contribution in [0.4, 0.5) is 0 Å². The van der Waals surface area contributed by atoms with Crippen LogP contribution in [-0.4, -0.2) is 16.6 Å². The van der Waals surface area contributed by atoms with Crippen LogP contribution in [0.2, 0.25) is 0 Å². The van der Waals surface area contributed by atoms with Crippen LogP contribution >= 0.6 is 11.3 Å². The van der Waals surface area contributed by atoms with Crippen LogP contribution < -0.4 is 5.32 Å². The molecule has 0 saturated heterocycles. The van der Waals surface area contributed by atoms with Gasteiger partial charge in [-0.2, -0.15) is 11.3 Å². The maximum absolute atomic E-state index is 10.1. The van der Waals surface area contributed by atoms with Gasteiger partial charge in [0.1, 0.15) is 0 Å². The number of pyridine rings is 1. The van der Waals surface area contributed by atoms with Crippen LogP contribution in [0.15, 0.2) is 41.4 Å². The number of aliphatic hydroxyl groups is 1. The van der Waals surface area contributed by atoms with E-state index < -0.39 is 6.10 Å². The fraction of sp³-hybridized carbons (Fsp3) is 0.400. The van der Waals surface area contributed by atoms with Crippen LogP contribution in [0.1, 0.15) is 37.1 Å². The molecule has 2 aromatic rings. The third-order valence-corrected chi connectivity index (χ3v) is 3.87. The Morgan fingerprint density at radius 1 is 1.32 bits per heavy atom. The van der Waals surface area contributed by atoms with Gasteiger partial charge in [0.15, 0.2) is 0 Å². The number of aliphatic hydroxyl groups excluding tert-OH is 1. The molecular weight excluding hydrogens is 256 g/mol. The lowest BCUT2D eigenvalue weighted by molar-refractivity contribution is 0.166. The van der Waals surface area contributed by atoms with E-state index in [2.05, 4.69) is 30.2 Å². The highest BCUT2D eigenvalue weighted by atomic mass is 32.1. The van der Waals surface area contributed by atoms with Crippen molar-refractivity contribution in [3.05, 3.63) is 52.5 Å². The van der Waals surface area contributed by atoms with Gasteiger partial charge in [0.25, 0.3) is 0 Å². The molecule has 102 valence electrons. The van der Waals surface area contributed by atoms with Crippen molar-refractivity contribution < 1.29 is 5.11 Å². The van der Waals surface area contributed by atoms with Gasteiger partial charge in [0, 0.05) is 25.0 Å². The maximum atomic E-state index is 10.1. The molecule has 2 rings (SSSR count). The van der Waals surface area contributed by atoms with Crippen molar-refractivity contribution in [2.24, 2.45) is 5.92 Å². The van der Waals surface area contributed by atoms with Crippen molar-refractivity contribution in [1.29, 1.82) is 0 Å². The molecule has 2 unspecified atom stereocenters. The molecule has 0 aliphatic rings. The zero-order valence-electron chi connectivity index (χ0n) is 11.3. The predicted octanol–water partition coefficient (Wildman–Crippen LogP) is 3.16. The van der Waals surface area contributed by atoms with Gasteiger partial charge in [-0.15, -0.1) is 0 Å². The fourth-order valence-electron chi connectivity index (χ4n) is 2.12. The van der Waals surface area contributed by atoms with Crippen molar-refractivity contribution in [3.8, 4) is 0 Å². The van der Waals surface area contributed by atoms with Crippen LogP contribution in [0.25, 0.3) is 0 Å². The first kappa shape index (κ1) is 14.2. The summed E-state index contributed by atoms with van der Waals surface area (Å²) in [7, 11) is 0. The molecule has 0 saturated carbocycles. The molecule has 2 N–H and O–H groups in total. The maximum Gasteiger partial charge on any atom is 0.0922 e. The summed E-state index contributed by atoms with van der Waals surface area (Å²) in [4.78, 5) is 4.16. The van der Waals surface area contributed by atoms with Gasteiger partial charge < -0.3 is 10.4 Å². The average molecular weight is 276 g/mol. The van der Waals surface area contributed by atoms with E-state index in [0.717, 1.165) is 11.1 Å². The minimum atomic E-state index is -0.454. The summed E-state index contributed by atoms with van der Waals surface area (Å²) < 4.78 is 0. The second-order valence-electron chi connectivity index (χ2n) is 4.99. The van der Waals surface area contributed by atoms with Gasteiger partial charge >= 0.3 is 0 Å². The zero-order chi connectivity index (χ0) is 13.7. The number of thiophene rings is 1. The van der Waals surface area contributed by atoms with E-state index in [-0.39, 0.29) is 6.04 Å². The quantitative estimate of drug-likeness (QED) is 0.852. The van der Waals surface area contributed by atoms with E-state index in [4.69, 9.17) is 0 Å². The van der Waals surface area contributed by atoms with Gasteiger partial charge in [0.2, 0.25) is 0 Å². The van der Waals surface area contributed by atoms with Crippen molar-refractivity contribution in [2.75, 3.05) is 6.54 Å². The van der Waals surface area contributed by atoms with Crippen molar-refractivity contribution in [1.82, 2.24) is 10.3 Å². The van der Waals surface area contributed by atoms with E-state index in [1.807, 2.05) is 29.1 Å². The first-order valence-corrected chi connectivity index (χ1v) is 7.46. The Morgan fingerprint density at radius 2 is 2.16 bits per heavy atom. The van der Waals surface area contributed by atoms with Crippen LogP contribution in [0.3, 0.4) is 0 Å². The lowest BCUT2D eigenvalue weighted by atomic mass is 9.97. The number of aromatic nitrogens is 1. The van der Waals surface area contributed by atoms with E-state index in [1.54, 1.807) is 17.5 Å². The highest BCUT2D eigenvalue weighted by Crippen LogP contribution is 2.22. The Morgan fingerprint density at radius 3 is 2.74 bits per heavy atom. The van der Waals surface area contributed by atoms with Gasteiger partial charge in [-0.05, 0) is 39.9 Å². The van der Waals surface area contributed by atoms with Crippen LogP contribution in [0.5, 0.6) is 0 Å². The summed E-state index contributed by atoms with van der Waals surface area (Å²) in [6.45, 7) is 4.89. The van der Waals surface area contributed by atoms with E-state index in [9.17, 15) is 5.11 Å². The fourth-order valence-corrected chi connectivity index (χ4v) is 2.83. The molecule has 2 atom stereocenters. The van der Waals surface area contributed by atoms with Crippen LogP contribution in [0, 0.1) is 5.92 Å². The van der Waals surface area contributed by atoms with E-state index in [1.165, 1.54) is 0 Å². The molecule has 0 spiro atoms. The Bertz CT molecular complexity index is 470. The van der Waals surface area contributed by atoms with Crippen molar-refractivity contribution in [2.45, 2.75) is 26.0 Å². The minimum absolute atomic E-state index is 0.210. The Hall–Kier alpha value is -1.23. The Kier molecular flexibility index (Phi) is 5.07. The van der Waals surface area contributed by atoms with Crippen LogP contribution in [-0.2, 0) is 0 Å². The topological polar surface area (TPSA) is 45.1 Å². The standard InChI is InChI=1S/C15H20N2OS/c1-11(2)15(12-4-3-6-16-8-12)17-9-14(18)13-5-7-19-10-13/h3-8,10-11,14-15,17-18H,9H2,1-2H3. The SMILES string of the molecule is CC(C)C(NCC(O)c1ccsc1)c1cccnc1. The summed E-state index contributed by atoms with van der Waals surface area (Å²) in [6.07, 6.45) is 3.21. The van der Waals surface area contributed by atoms with E-state index >= 15 is 0 Å². The molecule has 0 aliphatic heterocycles. The third-order valence-electron chi connectivity index (χ3n) is 3.17. The second kappa shape index (κ2) is 6.80. The number of hydrogen-bond donors (Lipinski definition) is 2. The second-order valence-corrected chi connectivity index (χ2v) is 5.77. The Balaban J connectivity index is 1.98. The van der Waals surface area contributed by atoms with Gasteiger partial charge in [-0.25, -0.2) is 0 Å². The Labute approximate surface area is 118 Å². The van der Waals surface area contributed by atoms with Gasteiger partial charge in [-0.3, -0.25) is 4.98 Å². The summed E-state index contributed by atoms with van der Waals surface area (Å²) >= 11 is 1.61. The predicted molar refractivity (Wildman–Crippen MR) is 79.1 cm³/mol. The molecule has 0 aliphatic carbocycles. The molecule has 3 nitrogen and oxygen atoms in total. The molecule has 0 aromatic carbocycles. The lowest BCUT2D eigenvalue weighted by Gasteiger charge is -2.24. The highest BCUT2D eigenvalue weighted by molar-refractivity contribution is 7.07. The summed E-state index contributed by atoms with van der Waals surface area (Å²) in [5, 5.41) is 17.5. The molecule has 4 heteroatoms. The molecule has 2 aromatic heterocycles. The average Bonchev–Trinajstić information content (AvgIpc) is 2.93. The highest BCUT2D eigenvalue weighted by Gasteiger charge is 2.17.